The molecular formula is C10H13N3OS. The van der Waals surface area contributed by atoms with E-state index in [4.69, 9.17) is 4.74 Å². The van der Waals surface area contributed by atoms with Gasteiger partial charge in [0.2, 0.25) is 0 Å². The lowest BCUT2D eigenvalue weighted by molar-refractivity contribution is 0.183. The normalized spacial score (nSPS) is 10.8. The molecule has 0 saturated heterocycles. The van der Waals surface area contributed by atoms with E-state index in [1.165, 1.54) is 0 Å². The summed E-state index contributed by atoms with van der Waals surface area (Å²) in [6.45, 7) is 3.45. The SMILES string of the molecule is COCCn1cc(-c2nc(C)cs2)cn1. The average Bonchev–Trinajstić information content (AvgIpc) is 2.83. The van der Waals surface area contributed by atoms with Gasteiger partial charge in [0.05, 0.1) is 19.3 Å². The zero-order chi connectivity index (χ0) is 10.7. The summed E-state index contributed by atoms with van der Waals surface area (Å²) < 4.78 is 6.86. The Morgan fingerprint density at radius 2 is 2.40 bits per heavy atom. The Hall–Kier alpha value is -1.20. The summed E-state index contributed by atoms with van der Waals surface area (Å²) in [6.07, 6.45) is 3.84. The minimum atomic E-state index is 0.679. The molecule has 0 spiro atoms. The number of nitrogens with zero attached hydrogens (tertiary/aromatic N) is 3. The quantitative estimate of drug-likeness (QED) is 0.795. The molecule has 2 aromatic rings. The first kappa shape index (κ1) is 10.3. The fraction of sp³-hybridized carbons (Fsp3) is 0.400. The molecule has 0 N–H and O–H groups in total. The van der Waals surface area contributed by atoms with E-state index in [0.717, 1.165) is 22.8 Å². The van der Waals surface area contributed by atoms with E-state index in [1.54, 1.807) is 18.4 Å². The van der Waals surface area contributed by atoms with Crippen LogP contribution in [0.15, 0.2) is 17.8 Å². The predicted molar refractivity (Wildman–Crippen MR) is 59.9 cm³/mol. The molecule has 80 valence electrons. The molecule has 0 amide bonds. The highest BCUT2D eigenvalue weighted by molar-refractivity contribution is 7.13. The molecular weight excluding hydrogens is 210 g/mol. The molecule has 0 aliphatic rings. The highest BCUT2D eigenvalue weighted by Gasteiger charge is 2.05. The van der Waals surface area contributed by atoms with Gasteiger partial charge >= 0.3 is 0 Å². The fourth-order valence-corrected chi connectivity index (χ4v) is 2.04. The fourth-order valence-electron chi connectivity index (χ4n) is 1.27. The number of ether oxygens (including phenoxy) is 1. The van der Waals surface area contributed by atoms with Crippen LogP contribution in [0.3, 0.4) is 0 Å². The molecule has 0 aliphatic heterocycles. The van der Waals surface area contributed by atoms with Crippen molar-refractivity contribution in [2.75, 3.05) is 13.7 Å². The molecule has 0 atom stereocenters. The number of aryl methyl sites for hydroxylation is 1. The summed E-state index contributed by atoms with van der Waals surface area (Å²) in [6, 6.07) is 0. The Balaban J connectivity index is 2.13. The number of hydrogen-bond acceptors (Lipinski definition) is 4. The molecule has 15 heavy (non-hydrogen) atoms. The predicted octanol–water partition coefficient (Wildman–Crippen LogP) is 1.96. The summed E-state index contributed by atoms with van der Waals surface area (Å²) >= 11 is 1.64. The van der Waals surface area contributed by atoms with Gasteiger partial charge in [-0.15, -0.1) is 11.3 Å². The van der Waals surface area contributed by atoms with Gasteiger partial charge in [0.25, 0.3) is 0 Å². The van der Waals surface area contributed by atoms with Gasteiger partial charge in [-0.3, -0.25) is 4.68 Å². The highest BCUT2D eigenvalue weighted by Crippen LogP contribution is 2.22. The monoisotopic (exact) mass is 223 g/mol. The molecule has 0 radical (unpaired) electrons. The van der Waals surface area contributed by atoms with Crippen LogP contribution in [0.1, 0.15) is 5.69 Å². The van der Waals surface area contributed by atoms with Crippen molar-refractivity contribution < 1.29 is 4.74 Å². The van der Waals surface area contributed by atoms with Crippen LogP contribution in [0.5, 0.6) is 0 Å². The van der Waals surface area contributed by atoms with Crippen LogP contribution in [0.25, 0.3) is 10.6 Å². The van der Waals surface area contributed by atoms with Gasteiger partial charge in [0.15, 0.2) is 0 Å². The summed E-state index contributed by atoms with van der Waals surface area (Å²) in [4.78, 5) is 4.41. The van der Waals surface area contributed by atoms with Crippen LogP contribution in [0, 0.1) is 6.92 Å². The zero-order valence-corrected chi connectivity index (χ0v) is 9.62. The standard InChI is InChI=1S/C10H13N3OS/c1-8-7-15-10(12-8)9-5-11-13(6-9)3-4-14-2/h5-7H,3-4H2,1-2H3. The van der Waals surface area contributed by atoms with Crippen molar-refractivity contribution in [3.8, 4) is 10.6 Å². The topological polar surface area (TPSA) is 39.9 Å². The maximum Gasteiger partial charge on any atom is 0.126 e. The molecule has 0 aliphatic carbocycles. The van der Waals surface area contributed by atoms with Crippen LogP contribution in [0.4, 0.5) is 0 Å². The maximum atomic E-state index is 4.99. The van der Waals surface area contributed by atoms with Crippen molar-refractivity contribution >= 4 is 11.3 Å². The highest BCUT2D eigenvalue weighted by atomic mass is 32.1. The largest absolute Gasteiger partial charge is 0.383 e. The van der Waals surface area contributed by atoms with Crippen molar-refractivity contribution in [3.05, 3.63) is 23.5 Å². The molecule has 2 rings (SSSR count). The van der Waals surface area contributed by atoms with Crippen molar-refractivity contribution in [1.29, 1.82) is 0 Å². The minimum Gasteiger partial charge on any atom is -0.383 e. The van der Waals surface area contributed by atoms with Crippen LogP contribution in [0.2, 0.25) is 0 Å². The summed E-state index contributed by atoms with van der Waals surface area (Å²) in [5.74, 6) is 0. The van der Waals surface area contributed by atoms with Gasteiger partial charge in [-0.2, -0.15) is 5.10 Å². The van der Waals surface area contributed by atoms with Crippen LogP contribution < -0.4 is 0 Å². The second kappa shape index (κ2) is 4.55. The Labute approximate surface area is 92.5 Å². The molecule has 0 aromatic carbocycles. The Kier molecular flexibility index (Phi) is 3.13. The van der Waals surface area contributed by atoms with Crippen LogP contribution in [-0.4, -0.2) is 28.5 Å². The van der Waals surface area contributed by atoms with E-state index >= 15 is 0 Å². The lowest BCUT2D eigenvalue weighted by Crippen LogP contribution is -2.03. The van der Waals surface area contributed by atoms with Gasteiger partial charge in [-0.25, -0.2) is 4.98 Å². The van der Waals surface area contributed by atoms with Gasteiger partial charge in [-0.1, -0.05) is 0 Å². The van der Waals surface area contributed by atoms with Crippen LogP contribution in [-0.2, 0) is 11.3 Å². The second-order valence-corrected chi connectivity index (χ2v) is 4.14. The first-order valence-corrected chi connectivity index (χ1v) is 5.61. The lowest BCUT2D eigenvalue weighted by Gasteiger charge is -1.97. The van der Waals surface area contributed by atoms with Crippen molar-refractivity contribution in [2.24, 2.45) is 0 Å². The smallest absolute Gasteiger partial charge is 0.126 e. The van der Waals surface area contributed by atoms with Crippen LogP contribution >= 0.6 is 11.3 Å². The van der Waals surface area contributed by atoms with E-state index in [0.29, 0.717) is 6.61 Å². The molecule has 5 heteroatoms. The molecule has 2 heterocycles. The van der Waals surface area contributed by atoms with Crippen molar-refractivity contribution in [2.45, 2.75) is 13.5 Å². The number of hydrogen-bond donors (Lipinski definition) is 0. The first-order valence-electron chi connectivity index (χ1n) is 4.73. The Morgan fingerprint density at radius 3 is 3.07 bits per heavy atom. The zero-order valence-electron chi connectivity index (χ0n) is 8.80. The van der Waals surface area contributed by atoms with Crippen molar-refractivity contribution in [1.82, 2.24) is 14.8 Å². The van der Waals surface area contributed by atoms with E-state index in [9.17, 15) is 0 Å². The number of aromatic nitrogens is 3. The van der Waals surface area contributed by atoms with E-state index in [-0.39, 0.29) is 0 Å². The van der Waals surface area contributed by atoms with Crippen molar-refractivity contribution in [3.63, 3.8) is 0 Å². The van der Waals surface area contributed by atoms with Gasteiger partial charge < -0.3 is 4.74 Å². The summed E-state index contributed by atoms with van der Waals surface area (Å²) in [7, 11) is 1.69. The van der Waals surface area contributed by atoms with Gasteiger partial charge in [-0.05, 0) is 6.92 Å². The van der Waals surface area contributed by atoms with Gasteiger partial charge in [0, 0.05) is 29.9 Å². The van der Waals surface area contributed by atoms with Gasteiger partial charge in [0.1, 0.15) is 5.01 Å². The maximum absolute atomic E-state index is 4.99. The number of rotatable bonds is 4. The molecule has 4 nitrogen and oxygen atoms in total. The average molecular weight is 223 g/mol. The van der Waals surface area contributed by atoms with E-state index in [2.05, 4.69) is 10.1 Å². The lowest BCUT2D eigenvalue weighted by atomic mass is 10.4. The van der Waals surface area contributed by atoms with E-state index < -0.39 is 0 Å². The van der Waals surface area contributed by atoms with E-state index in [1.807, 2.05) is 29.4 Å². The number of methoxy groups -OCH3 is 1. The minimum absolute atomic E-state index is 0.679. The second-order valence-electron chi connectivity index (χ2n) is 3.28. The third-order valence-corrected chi connectivity index (χ3v) is 3.03. The molecule has 0 bridgehead atoms. The molecule has 0 unspecified atom stereocenters. The Morgan fingerprint density at radius 1 is 1.53 bits per heavy atom. The number of thiazole rings is 1. The summed E-state index contributed by atoms with van der Waals surface area (Å²) in [5.41, 5.74) is 2.13. The molecule has 0 saturated carbocycles. The molecule has 0 fully saturated rings. The summed E-state index contributed by atoms with van der Waals surface area (Å²) in [5, 5.41) is 7.31. The Bertz CT molecular complexity index is 435. The third-order valence-electron chi connectivity index (χ3n) is 2.02. The molecule has 2 aromatic heterocycles. The third kappa shape index (κ3) is 2.43. The first-order chi connectivity index (χ1) is 7.29.